The third-order valence-corrected chi connectivity index (χ3v) is 4.26. The van der Waals surface area contributed by atoms with Crippen LogP contribution in [0.1, 0.15) is 18.1 Å². The first-order valence-corrected chi connectivity index (χ1v) is 7.64. The van der Waals surface area contributed by atoms with Gasteiger partial charge in [-0.15, -0.1) is 11.8 Å². The number of nitrogens with one attached hydrogen (secondary N) is 1. The van der Waals surface area contributed by atoms with Crippen molar-refractivity contribution in [3.8, 4) is 0 Å². The Kier molecular flexibility index (Phi) is 5.02. The van der Waals surface area contributed by atoms with Crippen molar-refractivity contribution in [2.45, 2.75) is 30.9 Å². The van der Waals surface area contributed by atoms with Crippen LogP contribution in [0.2, 0.25) is 0 Å². The van der Waals surface area contributed by atoms with E-state index in [0.29, 0.717) is 5.69 Å². The number of amides is 1. The molecular weight excluding hydrogens is 285 g/mol. The number of carbonyl (C=O) groups excluding carboxylic acids is 1. The Morgan fingerprint density at radius 1 is 1.14 bits per heavy atom. The minimum absolute atomic E-state index is 0.0877. The Hall–Kier alpha value is -1.81. The molecule has 110 valence electrons. The smallest absolute Gasteiger partial charge is 0.237 e. The lowest BCUT2D eigenvalue weighted by molar-refractivity contribution is -0.115. The van der Waals surface area contributed by atoms with Gasteiger partial charge >= 0.3 is 0 Å². The lowest BCUT2D eigenvalue weighted by Crippen LogP contribution is -2.22. The van der Waals surface area contributed by atoms with Crippen LogP contribution in [0.4, 0.5) is 10.1 Å². The lowest BCUT2D eigenvalue weighted by Gasteiger charge is -2.13. The molecule has 2 aromatic rings. The molecule has 0 fully saturated rings. The summed E-state index contributed by atoms with van der Waals surface area (Å²) in [5.41, 5.74) is 2.56. The van der Waals surface area contributed by atoms with Crippen molar-refractivity contribution in [2.24, 2.45) is 0 Å². The molecule has 0 aliphatic rings. The first-order chi connectivity index (χ1) is 9.95. The number of anilines is 1. The molecule has 0 radical (unpaired) electrons. The zero-order valence-corrected chi connectivity index (χ0v) is 13.1. The van der Waals surface area contributed by atoms with Gasteiger partial charge in [0, 0.05) is 10.6 Å². The Labute approximate surface area is 128 Å². The second-order valence-electron chi connectivity index (χ2n) is 5.02. The van der Waals surface area contributed by atoms with Gasteiger partial charge in [0.1, 0.15) is 5.82 Å². The molecule has 0 saturated heterocycles. The number of aryl methyl sites for hydroxylation is 2. The van der Waals surface area contributed by atoms with Gasteiger partial charge in [-0.2, -0.15) is 0 Å². The van der Waals surface area contributed by atoms with Crippen molar-refractivity contribution in [3.05, 3.63) is 59.4 Å². The number of halogens is 1. The fourth-order valence-electron chi connectivity index (χ4n) is 1.88. The number of benzene rings is 2. The van der Waals surface area contributed by atoms with Gasteiger partial charge in [0.2, 0.25) is 5.91 Å². The van der Waals surface area contributed by atoms with E-state index < -0.39 is 0 Å². The molecule has 2 nitrogen and oxygen atoms in total. The fraction of sp³-hybridized carbons (Fsp3) is 0.235. The van der Waals surface area contributed by atoms with E-state index in [1.807, 2.05) is 38.1 Å². The zero-order valence-electron chi connectivity index (χ0n) is 12.3. The molecule has 1 N–H and O–H groups in total. The van der Waals surface area contributed by atoms with Crippen LogP contribution >= 0.6 is 11.8 Å². The average molecular weight is 303 g/mol. The van der Waals surface area contributed by atoms with Crippen LogP contribution in [0.3, 0.4) is 0 Å². The molecule has 2 rings (SSSR count). The van der Waals surface area contributed by atoms with Crippen LogP contribution in [-0.4, -0.2) is 11.2 Å². The third-order valence-electron chi connectivity index (χ3n) is 3.15. The molecule has 0 aliphatic heterocycles. The van der Waals surface area contributed by atoms with Gasteiger partial charge in [-0.1, -0.05) is 17.7 Å². The van der Waals surface area contributed by atoms with Crippen LogP contribution < -0.4 is 5.32 Å². The summed E-state index contributed by atoms with van der Waals surface area (Å²) in [6.07, 6.45) is 0. The van der Waals surface area contributed by atoms with Gasteiger partial charge in [-0.3, -0.25) is 4.79 Å². The largest absolute Gasteiger partial charge is 0.325 e. The van der Waals surface area contributed by atoms with Crippen molar-refractivity contribution in [1.29, 1.82) is 0 Å². The van der Waals surface area contributed by atoms with E-state index in [1.165, 1.54) is 29.5 Å². The van der Waals surface area contributed by atoms with Gasteiger partial charge in [0.15, 0.2) is 0 Å². The highest BCUT2D eigenvalue weighted by atomic mass is 32.2. The van der Waals surface area contributed by atoms with Crippen molar-refractivity contribution in [2.75, 3.05) is 5.32 Å². The number of thioether (sulfide) groups is 1. The summed E-state index contributed by atoms with van der Waals surface area (Å²) in [6, 6.07) is 12.4. The number of hydrogen-bond donors (Lipinski definition) is 1. The van der Waals surface area contributed by atoms with E-state index in [4.69, 9.17) is 0 Å². The van der Waals surface area contributed by atoms with Crippen molar-refractivity contribution >= 4 is 23.4 Å². The predicted octanol–water partition coefficient (Wildman–Crippen LogP) is 4.56. The van der Waals surface area contributed by atoms with Gasteiger partial charge < -0.3 is 5.32 Å². The molecule has 0 bridgehead atoms. The minimum atomic E-state index is -0.299. The normalized spacial score (nSPS) is 12.0. The van der Waals surface area contributed by atoms with E-state index >= 15 is 0 Å². The van der Waals surface area contributed by atoms with E-state index in [-0.39, 0.29) is 17.0 Å². The Morgan fingerprint density at radius 2 is 1.81 bits per heavy atom. The van der Waals surface area contributed by atoms with Crippen LogP contribution in [0.15, 0.2) is 47.4 Å². The molecule has 0 aliphatic carbocycles. The molecule has 0 aromatic heterocycles. The van der Waals surface area contributed by atoms with E-state index in [1.54, 1.807) is 13.0 Å². The minimum Gasteiger partial charge on any atom is -0.325 e. The molecule has 1 amide bonds. The summed E-state index contributed by atoms with van der Waals surface area (Å²) in [7, 11) is 0. The molecule has 2 aromatic carbocycles. The average Bonchev–Trinajstić information content (AvgIpc) is 2.44. The SMILES string of the molecule is Cc1ccc(S[C@@H](C)C(=O)Nc2ccc(F)cc2C)cc1. The first kappa shape index (κ1) is 15.6. The molecular formula is C17H18FNOS. The first-order valence-electron chi connectivity index (χ1n) is 6.76. The van der Waals surface area contributed by atoms with E-state index in [2.05, 4.69) is 5.32 Å². The van der Waals surface area contributed by atoms with Crippen LogP contribution in [0.25, 0.3) is 0 Å². The van der Waals surface area contributed by atoms with Gasteiger partial charge in [0.25, 0.3) is 0 Å². The fourth-order valence-corrected chi connectivity index (χ4v) is 2.74. The van der Waals surface area contributed by atoms with Crippen LogP contribution in [-0.2, 0) is 4.79 Å². The molecule has 0 unspecified atom stereocenters. The summed E-state index contributed by atoms with van der Waals surface area (Å²) in [6.45, 7) is 5.66. The molecule has 21 heavy (non-hydrogen) atoms. The highest BCUT2D eigenvalue weighted by Gasteiger charge is 2.15. The van der Waals surface area contributed by atoms with Crippen molar-refractivity contribution in [3.63, 3.8) is 0 Å². The number of carbonyl (C=O) groups is 1. The van der Waals surface area contributed by atoms with E-state index in [9.17, 15) is 9.18 Å². The molecule has 1 atom stereocenters. The Morgan fingerprint density at radius 3 is 2.43 bits per heavy atom. The molecule has 0 spiro atoms. The molecule has 4 heteroatoms. The maximum Gasteiger partial charge on any atom is 0.237 e. The van der Waals surface area contributed by atoms with Gasteiger partial charge in [-0.05, 0) is 56.7 Å². The second-order valence-corrected chi connectivity index (χ2v) is 6.44. The standard InChI is InChI=1S/C17H18FNOS/c1-11-4-7-15(8-5-11)21-13(3)17(20)19-16-9-6-14(18)10-12(16)2/h4-10,13H,1-3H3,(H,19,20)/t13-/m0/s1. The summed E-state index contributed by atoms with van der Waals surface area (Å²) in [4.78, 5) is 13.2. The number of hydrogen-bond acceptors (Lipinski definition) is 2. The summed E-state index contributed by atoms with van der Waals surface area (Å²) >= 11 is 1.50. The van der Waals surface area contributed by atoms with Gasteiger partial charge in [0.05, 0.1) is 5.25 Å². The van der Waals surface area contributed by atoms with Crippen molar-refractivity contribution < 1.29 is 9.18 Å². The highest BCUT2D eigenvalue weighted by Crippen LogP contribution is 2.25. The zero-order chi connectivity index (χ0) is 15.4. The van der Waals surface area contributed by atoms with E-state index in [0.717, 1.165) is 10.5 Å². The van der Waals surface area contributed by atoms with Crippen LogP contribution in [0, 0.1) is 19.7 Å². The lowest BCUT2D eigenvalue weighted by atomic mass is 10.2. The number of rotatable bonds is 4. The maximum atomic E-state index is 13.0. The third kappa shape index (κ3) is 4.33. The summed E-state index contributed by atoms with van der Waals surface area (Å²) < 4.78 is 13.0. The van der Waals surface area contributed by atoms with Crippen molar-refractivity contribution in [1.82, 2.24) is 0 Å². The second kappa shape index (κ2) is 6.76. The highest BCUT2D eigenvalue weighted by molar-refractivity contribution is 8.00. The summed E-state index contributed by atoms with van der Waals surface area (Å²) in [5.74, 6) is -0.386. The van der Waals surface area contributed by atoms with Gasteiger partial charge in [-0.25, -0.2) is 4.39 Å². The molecule has 0 saturated carbocycles. The monoisotopic (exact) mass is 303 g/mol. The topological polar surface area (TPSA) is 29.1 Å². The van der Waals surface area contributed by atoms with Crippen LogP contribution in [0.5, 0.6) is 0 Å². The quantitative estimate of drug-likeness (QED) is 0.839. The Bertz CT molecular complexity index is 640. The Balaban J connectivity index is 2.00. The maximum absolute atomic E-state index is 13.0. The molecule has 0 heterocycles. The predicted molar refractivity (Wildman–Crippen MR) is 86.3 cm³/mol. The summed E-state index contributed by atoms with van der Waals surface area (Å²) in [5, 5.41) is 2.62.